The number of rotatable bonds is 3. The number of aryl methyl sites for hydroxylation is 2. The van der Waals surface area contributed by atoms with Gasteiger partial charge in [-0.2, -0.15) is 4.57 Å². The predicted octanol–water partition coefficient (Wildman–Crippen LogP) is 3.47. The number of hydrogen-bond donors (Lipinski definition) is 0. The molecule has 2 heterocycles. The Kier molecular flexibility index (Phi) is 4.04. The SMILES string of the molecule is Cc1cc[n+](CC(=O)C=C2N(C)c3ccccc3C2(C)C)c(C)c1. The van der Waals surface area contributed by atoms with Crippen molar-refractivity contribution >= 4 is 11.5 Å². The Balaban J connectivity index is 1.90. The number of carbonyl (C=O) groups is 1. The van der Waals surface area contributed by atoms with Crippen LogP contribution < -0.4 is 9.47 Å². The van der Waals surface area contributed by atoms with E-state index in [4.69, 9.17) is 0 Å². The van der Waals surface area contributed by atoms with Crippen LogP contribution in [-0.2, 0) is 16.8 Å². The van der Waals surface area contributed by atoms with E-state index >= 15 is 0 Å². The highest BCUT2D eigenvalue weighted by Crippen LogP contribution is 2.46. The van der Waals surface area contributed by atoms with Gasteiger partial charge in [-0.3, -0.25) is 4.79 Å². The van der Waals surface area contributed by atoms with Crippen molar-refractivity contribution in [2.75, 3.05) is 11.9 Å². The van der Waals surface area contributed by atoms with Gasteiger partial charge in [-0.05, 0) is 24.1 Å². The maximum atomic E-state index is 12.7. The second kappa shape index (κ2) is 5.90. The Labute approximate surface area is 144 Å². The lowest BCUT2D eigenvalue weighted by Crippen LogP contribution is -2.40. The molecule has 0 amide bonds. The lowest BCUT2D eigenvalue weighted by atomic mass is 9.83. The van der Waals surface area contributed by atoms with Crippen LogP contribution in [0.4, 0.5) is 5.69 Å². The minimum absolute atomic E-state index is 0.120. The smallest absolute Gasteiger partial charge is 0.222 e. The van der Waals surface area contributed by atoms with Gasteiger partial charge in [-0.1, -0.05) is 32.0 Å². The van der Waals surface area contributed by atoms with Gasteiger partial charge in [0, 0.05) is 49.0 Å². The largest absolute Gasteiger partial charge is 0.347 e. The topological polar surface area (TPSA) is 24.2 Å². The van der Waals surface area contributed by atoms with E-state index in [1.54, 1.807) is 0 Å². The molecule has 0 atom stereocenters. The Hall–Kier alpha value is -2.42. The molecular weight excluding hydrogens is 296 g/mol. The van der Waals surface area contributed by atoms with Crippen molar-refractivity contribution in [2.45, 2.75) is 39.7 Å². The first kappa shape index (κ1) is 16.4. The Bertz CT molecular complexity index is 833. The summed E-state index contributed by atoms with van der Waals surface area (Å²) < 4.78 is 2.00. The summed E-state index contributed by atoms with van der Waals surface area (Å²) in [4.78, 5) is 14.8. The number of ketones is 1. The molecule has 0 N–H and O–H groups in total. The number of nitrogens with zero attached hydrogens (tertiary/aromatic N) is 2. The van der Waals surface area contributed by atoms with Crippen LogP contribution in [-0.4, -0.2) is 12.8 Å². The second-order valence-corrected chi connectivity index (χ2v) is 7.17. The molecule has 0 radical (unpaired) electrons. The fourth-order valence-corrected chi connectivity index (χ4v) is 3.59. The van der Waals surface area contributed by atoms with Gasteiger partial charge < -0.3 is 4.90 Å². The molecule has 1 aromatic heterocycles. The number of carbonyl (C=O) groups excluding carboxylic acids is 1. The van der Waals surface area contributed by atoms with Crippen LogP contribution >= 0.6 is 0 Å². The van der Waals surface area contributed by atoms with Gasteiger partial charge >= 0.3 is 0 Å². The standard InChI is InChI=1S/C21H25N2O/c1-15-10-11-23(16(2)12-15)14-17(24)13-20-21(3,4)18-8-6-7-9-19(18)22(20)5/h6-13H,14H2,1-5H3/q+1. The Morgan fingerprint density at radius 1 is 1.21 bits per heavy atom. The number of para-hydroxylation sites is 1. The van der Waals surface area contributed by atoms with Crippen molar-refractivity contribution in [1.29, 1.82) is 0 Å². The molecule has 24 heavy (non-hydrogen) atoms. The molecule has 3 heteroatoms. The van der Waals surface area contributed by atoms with Gasteiger partial charge in [0.1, 0.15) is 0 Å². The van der Waals surface area contributed by atoms with Gasteiger partial charge in [0.25, 0.3) is 0 Å². The van der Waals surface area contributed by atoms with E-state index in [1.165, 1.54) is 16.8 Å². The van der Waals surface area contributed by atoms with Crippen molar-refractivity contribution in [3.8, 4) is 0 Å². The normalized spacial score (nSPS) is 17.2. The second-order valence-electron chi connectivity index (χ2n) is 7.17. The minimum Gasteiger partial charge on any atom is -0.347 e. The minimum atomic E-state index is -0.159. The van der Waals surface area contributed by atoms with Crippen LogP contribution in [0.25, 0.3) is 0 Å². The van der Waals surface area contributed by atoms with Crippen molar-refractivity contribution in [3.05, 3.63) is 71.2 Å². The molecular formula is C21H25N2O+. The summed E-state index contributed by atoms with van der Waals surface area (Å²) in [5.41, 5.74) is 5.66. The number of aromatic nitrogens is 1. The van der Waals surface area contributed by atoms with E-state index in [-0.39, 0.29) is 11.2 Å². The zero-order valence-electron chi connectivity index (χ0n) is 15.1. The van der Waals surface area contributed by atoms with Crippen LogP contribution in [0.5, 0.6) is 0 Å². The fraction of sp³-hybridized carbons (Fsp3) is 0.333. The summed E-state index contributed by atoms with van der Waals surface area (Å²) >= 11 is 0. The van der Waals surface area contributed by atoms with E-state index in [0.717, 1.165) is 11.4 Å². The molecule has 124 valence electrons. The van der Waals surface area contributed by atoms with Gasteiger partial charge in [-0.25, -0.2) is 0 Å². The Morgan fingerprint density at radius 3 is 2.58 bits per heavy atom. The molecule has 0 fully saturated rings. The summed E-state index contributed by atoms with van der Waals surface area (Å²) in [5.74, 6) is 0.120. The van der Waals surface area contributed by atoms with Crippen molar-refractivity contribution < 1.29 is 9.36 Å². The van der Waals surface area contributed by atoms with Crippen LogP contribution in [0.3, 0.4) is 0 Å². The molecule has 0 saturated heterocycles. The number of likely N-dealkylation sites (N-methyl/N-ethyl adjacent to an activating group) is 1. The van der Waals surface area contributed by atoms with E-state index in [2.05, 4.69) is 49.9 Å². The summed E-state index contributed by atoms with van der Waals surface area (Å²) in [5, 5.41) is 0. The predicted molar refractivity (Wildman–Crippen MR) is 97.1 cm³/mol. The highest BCUT2D eigenvalue weighted by Gasteiger charge is 2.38. The molecule has 0 bridgehead atoms. The number of pyridine rings is 1. The molecule has 1 aliphatic heterocycles. The number of benzene rings is 1. The number of fused-ring (bicyclic) bond motifs is 1. The van der Waals surface area contributed by atoms with Crippen molar-refractivity contribution in [2.24, 2.45) is 0 Å². The van der Waals surface area contributed by atoms with Gasteiger partial charge in [0.15, 0.2) is 11.9 Å². The quantitative estimate of drug-likeness (QED) is 0.638. The third kappa shape index (κ3) is 2.75. The van der Waals surface area contributed by atoms with E-state index in [9.17, 15) is 4.79 Å². The van der Waals surface area contributed by atoms with Gasteiger partial charge in [0.2, 0.25) is 12.3 Å². The molecule has 0 unspecified atom stereocenters. The summed E-state index contributed by atoms with van der Waals surface area (Å²) in [6.45, 7) is 8.83. The van der Waals surface area contributed by atoms with Crippen molar-refractivity contribution in [1.82, 2.24) is 0 Å². The average Bonchev–Trinajstić information content (AvgIpc) is 2.72. The average molecular weight is 321 g/mol. The Morgan fingerprint density at radius 2 is 1.92 bits per heavy atom. The van der Waals surface area contributed by atoms with Gasteiger partial charge in [0.05, 0.1) is 0 Å². The molecule has 0 spiro atoms. The van der Waals surface area contributed by atoms with Crippen molar-refractivity contribution in [3.63, 3.8) is 0 Å². The zero-order chi connectivity index (χ0) is 17.5. The zero-order valence-corrected chi connectivity index (χ0v) is 15.1. The van der Waals surface area contributed by atoms with Crippen LogP contribution in [0, 0.1) is 13.8 Å². The maximum Gasteiger partial charge on any atom is 0.222 e. The monoisotopic (exact) mass is 321 g/mol. The first-order valence-electron chi connectivity index (χ1n) is 8.35. The molecule has 1 aliphatic rings. The number of allylic oxidation sites excluding steroid dienone is 2. The van der Waals surface area contributed by atoms with E-state index in [1.807, 2.05) is 42.9 Å². The molecule has 3 rings (SSSR count). The van der Waals surface area contributed by atoms with E-state index in [0.29, 0.717) is 6.54 Å². The summed E-state index contributed by atoms with van der Waals surface area (Å²) in [6, 6.07) is 12.5. The maximum absolute atomic E-state index is 12.7. The molecule has 2 aromatic rings. The molecule has 3 nitrogen and oxygen atoms in total. The highest BCUT2D eigenvalue weighted by atomic mass is 16.1. The highest BCUT2D eigenvalue weighted by molar-refractivity contribution is 5.91. The summed E-state index contributed by atoms with van der Waals surface area (Å²) in [7, 11) is 2.04. The third-order valence-corrected chi connectivity index (χ3v) is 4.97. The lowest BCUT2D eigenvalue weighted by molar-refractivity contribution is -0.689. The first-order chi connectivity index (χ1) is 11.3. The molecule has 0 saturated carbocycles. The van der Waals surface area contributed by atoms with Crippen LogP contribution in [0.1, 0.15) is 30.7 Å². The number of hydrogen-bond acceptors (Lipinski definition) is 2. The van der Waals surface area contributed by atoms with E-state index < -0.39 is 0 Å². The third-order valence-electron chi connectivity index (χ3n) is 4.97. The molecule has 1 aromatic carbocycles. The lowest BCUT2D eigenvalue weighted by Gasteiger charge is -2.23. The number of anilines is 1. The molecule has 0 aliphatic carbocycles. The summed E-state index contributed by atoms with van der Waals surface area (Å²) in [6.07, 6.45) is 3.80. The van der Waals surface area contributed by atoms with Crippen LogP contribution in [0.2, 0.25) is 0 Å². The fourth-order valence-electron chi connectivity index (χ4n) is 3.59. The first-order valence-corrected chi connectivity index (χ1v) is 8.35. The van der Waals surface area contributed by atoms with Crippen LogP contribution in [0.15, 0.2) is 54.4 Å². The van der Waals surface area contributed by atoms with Gasteiger partial charge in [-0.15, -0.1) is 0 Å².